The Morgan fingerprint density at radius 1 is 1.48 bits per heavy atom. The number of amides is 2. The van der Waals surface area contributed by atoms with Gasteiger partial charge in [0.05, 0.1) is 18.7 Å². The third-order valence-electron chi connectivity index (χ3n) is 4.16. The molecule has 2 atom stereocenters. The predicted molar refractivity (Wildman–Crippen MR) is 79.8 cm³/mol. The highest BCUT2D eigenvalue weighted by Crippen LogP contribution is 2.36. The molecule has 0 aliphatic carbocycles. The number of fused-ring (bicyclic) bond motifs is 1. The molecule has 2 heterocycles. The normalized spacial score (nSPS) is 24.8. The van der Waals surface area contributed by atoms with Gasteiger partial charge in [-0.25, -0.2) is 9.18 Å². The van der Waals surface area contributed by atoms with Crippen LogP contribution in [0.1, 0.15) is 30.9 Å². The number of aliphatic hydroxyl groups excluding tert-OH is 1. The van der Waals surface area contributed by atoms with Gasteiger partial charge >= 0.3 is 6.03 Å². The molecule has 6 heteroatoms. The minimum atomic E-state index is -0.273. The van der Waals surface area contributed by atoms with E-state index in [2.05, 4.69) is 5.32 Å². The lowest BCUT2D eigenvalue weighted by molar-refractivity contribution is 0.154. The van der Waals surface area contributed by atoms with Crippen molar-refractivity contribution in [3.63, 3.8) is 0 Å². The Kier molecular flexibility index (Phi) is 4.35. The van der Waals surface area contributed by atoms with E-state index in [1.807, 2.05) is 0 Å². The number of carbonyl (C=O) groups excluding carboxylic acids is 1. The van der Waals surface area contributed by atoms with Gasteiger partial charge in [0.2, 0.25) is 0 Å². The minimum absolute atomic E-state index is 0.000840. The van der Waals surface area contributed by atoms with E-state index in [4.69, 9.17) is 0 Å². The van der Waals surface area contributed by atoms with E-state index < -0.39 is 0 Å². The summed E-state index contributed by atoms with van der Waals surface area (Å²) in [5, 5.41) is 12.3. The van der Waals surface area contributed by atoms with Crippen molar-refractivity contribution in [3.05, 3.63) is 29.6 Å². The lowest BCUT2D eigenvalue weighted by Gasteiger charge is -2.30. The summed E-state index contributed by atoms with van der Waals surface area (Å²) in [6.45, 7) is 0.674. The Hall–Kier alpha value is -1.27. The van der Waals surface area contributed by atoms with Gasteiger partial charge in [0.15, 0.2) is 0 Å². The van der Waals surface area contributed by atoms with Crippen LogP contribution in [0.15, 0.2) is 23.1 Å². The molecule has 1 saturated heterocycles. The molecular weight excluding hydrogens is 291 g/mol. The monoisotopic (exact) mass is 310 g/mol. The van der Waals surface area contributed by atoms with Crippen molar-refractivity contribution in [1.82, 2.24) is 10.2 Å². The molecule has 2 N–H and O–H groups in total. The largest absolute Gasteiger partial charge is 0.394 e. The summed E-state index contributed by atoms with van der Waals surface area (Å²) < 4.78 is 13.5. The number of urea groups is 1. The number of nitrogens with one attached hydrogen (secondary N) is 1. The molecular formula is C15H19FN2O2S. The molecule has 2 unspecified atom stereocenters. The lowest BCUT2D eigenvalue weighted by atomic mass is 10.0. The Balaban J connectivity index is 1.74. The summed E-state index contributed by atoms with van der Waals surface area (Å²) in [4.78, 5) is 15.1. The molecule has 2 aliphatic rings. The fraction of sp³-hybridized carbons (Fsp3) is 0.533. The third-order valence-corrected chi connectivity index (χ3v) is 5.28. The van der Waals surface area contributed by atoms with Crippen LogP contribution >= 0.6 is 11.8 Å². The minimum Gasteiger partial charge on any atom is -0.394 e. The number of carbonyl (C=O) groups is 1. The number of likely N-dealkylation sites (tertiary alicyclic amines) is 1. The van der Waals surface area contributed by atoms with Crippen LogP contribution < -0.4 is 5.32 Å². The van der Waals surface area contributed by atoms with Gasteiger partial charge in [-0.15, -0.1) is 11.8 Å². The van der Waals surface area contributed by atoms with Gasteiger partial charge in [-0.05, 0) is 43.0 Å². The molecule has 0 aromatic heterocycles. The van der Waals surface area contributed by atoms with E-state index in [1.54, 1.807) is 22.7 Å². The van der Waals surface area contributed by atoms with Crippen LogP contribution in [0.2, 0.25) is 0 Å². The van der Waals surface area contributed by atoms with Gasteiger partial charge in [-0.3, -0.25) is 0 Å². The fourth-order valence-corrected chi connectivity index (χ4v) is 4.15. The fourth-order valence-electron chi connectivity index (χ4n) is 3.04. The summed E-state index contributed by atoms with van der Waals surface area (Å²) in [7, 11) is 0. The highest BCUT2D eigenvalue weighted by molar-refractivity contribution is 7.99. The zero-order chi connectivity index (χ0) is 14.8. The molecule has 1 aromatic rings. The van der Waals surface area contributed by atoms with Crippen LogP contribution in [0.25, 0.3) is 0 Å². The summed E-state index contributed by atoms with van der Waals surface area (Å²) in [5.41, 5.74) is 0.861. The Bertz CT molecular complexity index is 540. The van der Waals surface area contributed by atoms with Gasteiger partial charge < -0.3 is 15.3 Å². The van der Waals surface area contributed by atoms with E-state index in [-0.39, 0.29) is 30.5 Å². The summed E-state index contributed by atoms with van der Waals surface area (Å²) >= 11 is 1.69. The molecule has 21 heavy (non-hydrogen) atoms. The zero-order valence-corrected chi connectivity index (χ0v) is 12.5. The Morgan fingerprint density at radius 2 is 2.33 bits per heavy atom. The van der Waals surface area contributed by atoms with Crippen molar-refractivity contribution >= 4 is 17.8 Å². The van der Waals surface area contributed by atoms with E-state index in [1.165, 1.54) is 12.1 Å². The van der Waals surface area contributed by atoms with E-state index >= 15 is 0 Å². The van der Waals surface area contributed by atoms with Gasteiger partial charge in [0.25, 0.3) is 0 Å². The molecule has 2 amide bonds. The first-order valence-corrected chi connectivity index (χ1v) is 8.28. The smallest absolute Gasteiger partial charge is 0.318 e. The SMILES string of the molecule is O=C(NC1CCSc2ccc(F)cc21)N1CCCC1CO. The Labute approximate surface area is 127 Å². The Morgan fingerprint density at radius 3 is 3.14 bits per heavy atom. The number of benzene rings is 1. The van der Waals surface area contributed by atoms with Crippen molar-refractivity contribution in [2.75, 3.05) is 18.9 Å². The average Bonchev–Trinajstić information content (AvgIpc) is 2.96. The van der Waals surface area contributed by atoms with Gasteiger partial charge in [0, 0.05) is 17.2 Å². The number of aliphatic hydroxyl groups is 1. The van der Waals surface area contributed by atoms with Crippen molar-refractivity contribution in [2.24, 2.45) is 0 Å². The summed E-state index contributed by atoms with van der Waals surface area (Å²) in [6.07, 6.45) is 2.56. The summed E-state index contributed by atoms with van der Waals surface area (Å²) in [6, 6.07) is 4.36. The van der Waals surface area contributed by atoms with Gasteiger partial charge in [0.1, 0.15) is 5.82 Å². The molecule has 3 rings (SSSR count). The van der Waals surface area contributed by atoms with Crippen LogP contribution in [0, 0.1) is 5.82 Å². The van der Waals surface area contributed by atoms with E-state index in [9.17, 15) is 14.3 Å². The molecule has 0 spiro atoms. The molecule has 1 fully saturated rings. The number of hydrogen-bond acceptors (Lipinski definition) is 3. The first kappa shape index (κ1) is 14.7. The third kappa shape index (κ3) is 3.01. The van der Waals surface area contributed by atoms with E-state index in [0.717, 1.165) is 35.5 Å². The quantitative estimate of drug-likeness (QED) is 0.882. The molecule has 0 radical (unpaired) electrons. The highest BCUT2D eigenvalue weighted by atomic mass is 32.2. The van der Waals surface area contributed by atoms with Crippen LogP contribution in [0.3, 0.4) is 0 Å². The van der Waals surface area contributed by atoms with Gasteiger partial charge in [-0.1, -0.05) is 0 Å². The topological polar surface area (TPSA) is 52.6 Å². The zero-order valence-electron chi connectivity index (χ0n) is 11.7. The number of rotatable bonds is 2. The number of halogens is 1. The van der Waals surface area contributed by atoms with Crippen LogP contribution in [-0.4, -0.2) is 41.0 Å². The number of nitrogens with zero attached hydrogens (tertiary/aromatic N) is 1. The molecule has 2 aliphatic heterocycles. The second-order valence-corrected chi connectivity index (χ2v) is 6.63. The molecule has 0 bridgehead atoms. The molecule has 4 nitrogen and oxygen atoms in total. The standard InChI is InChI=1S/C15H19FN2O2S/c16-10-3-4-14-12(8-10)13(5-7-21-14)17-15(20)18-6-1-2-11(18)9-19/h3-4,8,11,13,19H,1-2,5-7,9H2,(H,17,20). The first-order chi connectivity index (χ1) is 10.2. The first-order valence-electron chi connectivity index (χ1n) is 7.29. The average molecular weight is 310 g/mol. The van der Waals surface area contributed by atoms with Gasteiger partial charge in [-0.2, -0.15) is 0 Å². The predicted octanol–water partition coefficient (Wildman–Crippen LogP) is 2.53. The van der Waals surface area contributed by atoms with Crippen molar-refractivity contribution in [2.45, 2.75) is 36.2 Å². The summed E-state index contributed by atoms with van der Waals surface area (Å²) in [5.74, 6) is 0.636. The lowest BCUT2D eigenvalue weighted by Crippen LogP contribution is -2.45. The van der Waals surface area contributed by atoms with Crippen molar-refractivity contribution in [3.8, 4) is 0 Å². The van der Waals surface area contributed by atoms with Crippen LogP contribution in [0.5, 0.6) is 0 Å². The highest BCUT2D eigenvalue weighted by Gasteiger charge is 2.31. The number of thioether (sulfide) groups is 1. The molecule has 1 aromatic carbocycles. The van der Waals surface area contributed by atoms with Crippen molar-refractivity contribution < 1.29 is 14.3 Å². The van der Waals surface area contributed by atoms with E-state index in [0.29, 0.717) is 6.54 Å². The second-order valence-electron chi connectivity index (χ2n) is 5.49. The maximum Gasteiger partial charge on any atom is 0.318 e. The van der Waals surface area contributed by atoms with Crippen LogP contribution in [-0.2, 0) is 0 Å². The van der Waals surface area contributed by atoms with Crippen molar-refractivity contribution in [1.29, 1.82) is 0 Å². The maximum absolute atomic E-state index is 13.5. The number of hydrogen-bond donors (Lipinski definition) is 2. The second kappa shape index (κ2) is 6.23. The molecule has 114 valence electrons. The maximum atomic E-state index is 13.5. The molecule has 0 saturated carbocycles. The van der Waals surface area contributed by atoms with Crippen LogP contribution in [0.4, 0.5) is 9.18 Å².